The molecule has 0 fully saturated rings. The van der Waals surface area contributed by atoms with Gasteiger partial charge in [-0.2, -0.15) is 15.3 Å². The van der Waals surface area contributed by atoms with E-state index in [0.717, 1.165) is 0 Å². The van der Waals surface area contributed by atoms with Gasteiger partial charge >= 0.3 is 0 Å². The predicted octanol–water partition coefficient (Wildman–Crippen LogP) is 2.93. The summed E-state index contributed by atoms with van der Waals surface area (Å²) in [5.74, 6) is 0.273. The Morgan fingerprint density at radius 3 is 2.95 bits per heavy atom. The van der Waals surface area contributed by atoms with Crippen LogP contribution in [0.5, 0.6) is 0 Å². The van der Waals surface area contributed by atoms with Crippen molar-refractivity contribution in [3.63, 3.8) is 0 Å². The van der Waals surface area contributed by atoms with Crippen molar-refractivity contribution in [2.75, 3.05) is 5.43 Å². The molecule has 0 saturated carbocycles. The average molecular weight is 297 g/mol. The highest BCUT2D eigenvalue weighted by Crippen LogP contribution is 2.21. The number of oxazole rings is 1. The number of para-hydroxylation sites is 1. The van der Waals surface area contributed by atoms with E-state index in [9.17, 15) is 10.1 Å². The third-order valence-electron chi connectivity index (χ3n) is 2.60. The molecule has 0 radical (unpaired) electrons. The van der Waals surface area contributed by atoms with E-state index in [4.69, 9.17) is 9.68 Å². The minimum atomic E-state index is -0.504. The summed E-state index contributed by atoms with van der Waals surface area (Å²) in [6.07, 6.45) is 1.27. The van der Waals surface area contributed by atoms with Crippen molar-refractivity contribution >= 4 is 23.4 Å². The molecule has 8 nitrogen and oxygen atoms in total. The lowest BCUT2D eigenvalue weighted by Crippen LogP contribution is -1.96. The summed E-state index contributed by atoms with van der Waals surface area (Å²) in [5.41, 5.74) is 3.34. The van der Waals surface area contributed by atoms with Gasteiger partial charge in [-0.3, -0.25) is 10.1 Å². The van der Waals surface area contributed by atoms with E-state index in [-0.39, 0.29) is 23.2 Å². The van der Waals surface area contributed by atoms with Gasteiger partial charge in [0, 0.05) is 11.6 Å². The zero-order chi connectivity index (χ0) is 16.1. The van der Waals surface area contributed by atoms with Crippen LogP contribution in [-0.4, -0.2) is 16.1 Å². The number of allylic oxidation sites excluding steroid dienone is 1. The van der Waals surface area contributed by atoms with Crippen LogP contribution in [0.4, 0.5) is 11.6 Å². The van der Waals surface area contributed by atoms with Crippen molar-refractivity contribution in [2.24, 2.45) is 5.10 Å². The smallest absolute Gasteiger partial charge is 0.278 e. The first-order valence-electron chi connectivity index (χ1n) is 6.12. The highest BCUT2D eigenvalue weighted by atomic mass is 16.6. The fraction of sp³-hybridized carbons (Fsp3) is 0.0714. The molecular weight excluding hydrogens is 286 g/mol. The Morgan fingerprint density at radius 1 is 1.59 bits per heavy atom. The molecule has 0 amide bonds. The number of hydrogen-bond acceptors (Lipinski definition) is 7. The topological polar surface area (TPSA) is 117 Å². The summed E-state index contributed by atoms with van der Waals surface area (Å²) in [5, 5.41) is 23.7. The molecule has 8 heteroatoms. The van der Waals surface area contributed by atoms with Gasteiger partial charge in [-0.25, -0.2) is 5.43 Å². The fourth-order valence-corrected chi connectivity index (χ4v) is 1.58. The molecular formula is C14H11N5O3. The van der Waals surface area contributed by atoms with E-state index in [1.54, 1.807) is 25.1 Å². The number of aromatic nitrogens is 1. The quantitative estimate of drug-likeness (QED) is 0.515. The monoisotopic (exact) mass is 297 g/mol. The van der Waals surface area contributed by atoms with Crippen LogP contribution >= 0.6 is 0 Å². The fourth-order valence-electron chi connectivity index (χ4n) is 1.58. The van der Waals surface area contributed by atoms with Crippen molar-refractivity contribution in [2.45, 2.75) is 6.92 Å². The van der Waals surface area contributed by atoms with Crippen molar-refractivity contribution in [1.82, 2.24) is 4.98 Å². The summed E-state index contributed by atoms with van der Waals surface area (Å²) in [7, 11) is 0. The number of hydrazone groups is 1. The standard InChI is InChI=1S/C14H11N5O3/c1-9(2)13-17-11(7-15)14(22-13)18-16-8-10-5-3-4-6-12(10)19(20)21/h3-6,8,18H,1H2,2H3/b16-8+. The summed E-state index contributed by atoms with van der Waals surface area (Å²) < 4.78 is 5.29. The molecule has 1 heterocycles. The van der Waals surface area contributed by atoms with E-state index in [1.807, 2.05) is 6.07 Å². The highest BCUT2D eigenvalue weighted by molar-refractivity contribution is 5.85. The lowest BCUT2D eigenvalue weighted by Gasteiger charge is -1.97. The van der Waals surface area contributed by atoms with Gasteiger partial charge in [-0.05, 0) is 13.0 Å². The number of rotatable bonds is 5. The highest BCUT2D eigenvalue weighted by Gasteiger charge is 2.13. The number of nitrogens with zero attached hydrogens (tertiary/aromatic N) is 4. The van der Waals surface area contributed by atoms with Crippen LogP contribution in [0.25, 0.3) is 5.57 Å². The third kappa shape index (κ3) is 3.16. The molecule has 0 aliphatic rings. The van der Waals surface area contributed by atoms with E-state index in [0.29, 0.717) is 11.1 Å². The summed E-state index contributed by atoms with van der Waals surface area (Å²) in [6, 6.07) is 8.00. The van der Waals surface area contributed by atoms with Crippen LogP contribution in [0, 0.1) is 21.4 Å². The van der Waals surface area contributed by atoms with E-state index < -0.39 is 4.92 Å². The molecule has 1 N–H and O–H groups in total. The number of anilines is 1. The maximum absolute atomic E-state index is 10.9. The second-order valence-electron chi connectivity index (χ2n) is 4.27. The summed E-state index contributed by atoms with van der Waals surface area (Å²) in [4.78, 5) is 14.3. The predicted molar refractivity (Wildman–Crippen MR) is 80.2 cm³/mol. The molecule has 2 rings (SSSR count). The normalized spacial score (nSPS) is 10.4. The van der Waals surface area contributed by atoms with Crippen molar-refractivity contribution in [3.05, 3.63) is 58.1 Å². The number of nitro benzene ring substituents is 1. The maximum atomic E-state index is 10.9. The molecule has 0 aliphatic carbocycles. The molecule has 0 bridgehead atoms. The lowest BCUT2D eigenvalue weighted by molar-refractivity contribution is -0.385. The Labute approximate surface area is 125 Å². The zero-order valence-corrected chi connectivity index (χ0v) is 11.6. The first-order valence-corrected chi connectivity index (χ1v) is 6.12. The van der Waals surface area contributed by atoms with Gasteiger partial charge in [0.1, 0.15) is 6.07 Å². The second kappa shape index (κ2) is 6.32. The van der Waals surface area contributed by atoms with E-state index >= 15 is 0 Å². The molecule has 0 unspecified atom stereocenters. The minimum absolute atomic E-state index is 0.0257. The van der Waals surface area contributed by atoms with Crippen molar-refractivity contribution < 1.29 is 9.34 Å². The van der Waals surface area contributed by atoms with Gasteiger partial charge in [0.05, 0.1) is 16.7 Å². The van der Waals surface area contributed by atoms with Gasteiger partial charge in [-0.1, -0.05) is 18.7 Å². The molecule has 1 aromatic heterocycles. The Balaban J connectivity index is 2.22. The largest absolute Gasteiger partial charge is 0.418 e. The first kappa shape index (κ1) is 14.9. The second-order valence-corrected chi connectivity index (χ2v) is 4.27. The van der Waals surface area contributed by atoms with Gasteiger partial charge in [0.2, 0.25) is 11.6 Å². The summed E-state index contributed by atoms with van der Waals surface area (Å²) >= 11 is 0. The lowest BCUT2D eigenvalue weighted by atomic mass is 10.2. The third-order valence-corrected chi connectivity index (χ3v) is 2.60. The molecule has 2 aromatic rings. The summed E-state index contributed by atoms with van der Waals surface area (Å²) in [6.45, 7) is 5.35. The van der Waals surface area contributed by atoms with E-state index in [2.05, 4.69) is 22.1 Å². The molecule has 0 aliphatic heterocycles. The SMILES string of the molecule is C=C(C)c1nc(C#N)c(N/N=C/c2ccccc2[N+](=O)[O-])o1. The van der Waals surface area contributed by atoms with Crippen LogP contribution in [-0.2, 0) is 0 Å². The molecule has 0 spiro atoms. The number of hydrogen-bond donors (Lipinski definition) is 1. The molecule has 0 atom stereocenters. The average Bonchev–Trinajstić information content (AvgIpc) is 2.91. The number of nitriles is 1. The van der Waals surface area contributed by atoms with Crippen LogP contribution in [0.1, 0.15) is 24.1 Å². The molecule has 22 heavy (non-hydrogen) atoms. The van der Waals surface area contributed by atoms with E-state index in [1.165, 1.54) is 12.3 Å². The maximum Gasteiger partial charge on any atom is 0.278 e. The van der Waals surface area contributed by atoms with Gasteiger partial charge in [0.25, 0.3) is 11.6 Å². The van der Waals surface area contributed by atoms with Crippen LogP contribution in [0.3, 0.4) is 0 Å². The zero-order valence-electron chi connectivity index (χ0n) is 11.6. The Hall–Kier alpha value is -3.47. The molecule has 1 aromatic carbocycles. The minimum Gasteiger partial charge on any atom is -0.418 e. The number of nitro groups is 1. The number of nitrogens with one attached hydrogen (secondary N) is 1. The van der Waals surface area contributed by atoms with Gasteiger partial charge in [0.15, 0.2) is 0 Å². The Morgan fingerprint density at radius 2 is 2.32 bits per heavy atom. The van der Waals surface area contributed by atoms with Crippen LogP contribution < -0.4 is 5.43 Å². The Kier molecular flexibility index (Phi) is 4.29. The number of benzene rings is 1. The van der Waals surface area contributed by atoms with Crippen molar-refractivity contribution in [1.29, 1.82) is 5.26 Å². The van der Waals surface area contributed by atoms with Crippen LogP contribution in [0.2, 0.25) is 0 Å². The molecule has 110 valence electrons. The van der Waals surface area contributed by atoms with Crippen LogP contribution in [0.15, 0.2) is 40.4 Å². The first-order chi connectivity index (χ1) is 10.5. The van der Waals surface area contributed by atoms with Gasteiger partial charge in [-0.15, -0.1) is 0 Å². The molecule has 0 saturated heterocycles. The Bertz CT molecular complexity index is 801. The van der Waals surface area contributed by atoms with Crippen molar-refractivity contribution in [3.8, 4) is 6.07 Å². The van der Waals surface area contributed by atoms with Gasteiger partial charge < -0.3 is 4.42 Å².